The van der Waals surface area contributed by atoms with Gasteiger partial charge in [0.1, 0.15) is 6.04 Å². The summed E-state index contributed by atoms with van der Waals surface area (Å²) in [5.41, 5.74) is 5.58. The lowest BCUT2D eigenvalue weighted by Crippen LogP contribution is -2.60. The molecule has 0 bridgehead atoms. The van der Waals surface area contributed by atoms with Gasteiger partial charge in [-0.3, -0.25) is 9.59 Å². The lowest BCUT2D eigenvalue weighted by atomic mass is 10.1. The highest BCUT2D eigenvalue weighted by molar-refractivity contribution is 6.03. The van der Waals surface area contributed by atoms with Crippen molar-refractivity contribution in [3.63, 3.8) is 0 Å². The van der Waals surface area contributed by atoms with Gasteiger partial charge in [0.05, 0.1) is 19.8 Å². The van der Waals surface area contributed by atoms with Gasteiger partial charge >= 0.3 is 5.97 Å². The first-order valence-corrected chi connectivity index (χ1v) is 6.61. The van der Waals surface area contributed by atoms with E-state index >= 15 is 0 Å². The maximum Gasteiger partial charge on any atom is 0.332 e. The Morgan fingerprint density at radius 2 is 2.15 bits per heavy atom. The van der Waals surface area contributed by atoms with Crippen LogP contribution in [0.4, 0.5) is 0 Å². The maximum atomic E-state index is 12.2. The largest absolute Gasteiger partial charge is 0.464 e. The van der Waals surface area contributed by atoms with E-state index in [4.69, 9.17) is 15.2 Å². The van der Waals surface area contributed by atoms with E-state index in [1.807, 2.05) is 0 Å². The fourth-order valence-corrected chi connectivity index (χ4v) is 1.89. The lowest BCUT2D eigenvalue weighted by molar-refractivity contribution is -0.157. The van der Waals surface area contributed by atoms with Crippen molar-refractivity contribution in [3.05, 3.63) is 0 Å². The zero-order chi connectivity index (χ0) is 15.1. The van der Waals surface area contributed by atoms with Gasteiger partial charge in [-0.15, -0.1) is 0 Å². The highest BCUT2D eigenvalue weighted by Crippen LogP contribution is 2.09. The molecule has 1 rings (SSSR count). The van der Waals surface area contributed by atoms with Crippen LogP contribution in [0.2, 0.25) is 0 Å². The molecule has 0 spiro atoms. The van der Waals surface area contributed by atoms with Crippen molar-refractivity contribution in [3.8, 4) is 0 Å². The minimum Gasteiger partial charge on any atom is -0.464 e. The molecule has 0 aromatic heterocycles. The van der Waals surface area contributed by atoms with Crippen molar-refractivity contribution in [2.75, 3.05) is 32.9 Å². The summed E-state index contributed by atoms with van der Waals surface area (Å²) in [7, 11) is 0. The maximum absolute atomic E-state index is 12.2. The van der Waals surface area contributed by atoms with E-state index in [1.165, 1.54) is 4.90 Å². The van der Waals surface area contributed by atoms with Crippen LogP contribution in [0.3, 0.4) is 0 Å². The Labute approximate surface area is 117 Å². The summed E-state index contributed by atoms with van der Waals surface area (Å²) < 4.78 is 9.92. The molecule has 2 amide bonds. The summed E-state index contributed by atoms with van der Waals surface area (Å²) in [6.45, 7) is 4.60. The minimum absolute atomic E-state index is 0.0904. The number of amides is 2. The Hall–Kier alpha value is -1.67. The average Bonchev–Trinajstić information content (AvgIpc) is 2.46. The van der Waals surface area contributed by atoms with Gasteiger partial charge < -0.3 is 25.4 Å². The van der Waals surface area contributed by atoms with E-state index in [-0.39, 0.29) is 25.7 Å². The van der Waals surface area contributed by atoms with Crippen molar-refractivity contribution in [1.29, 1.82) is 0 Å². The number of nitrogens with zero attached hydrogens (tertiary/aromatic N) is 1. The van der Waals surface area contributed by atoms with Crippen LogP contribution in [0, 0.1) is 0 Å². The van der Waals surface area contributed by atoms with Crippen LogP contribution >= 0.6 is 0 Å². The number of carbonyl (C=O) groups is 3. The number of nitrogens with two attached hydrogens (primary N) is 1. The second-order valence-corrected chi connectivity index (χ2v) is 4.25. The molecular formula is C12H21N3O5. The minimum atomic E-state index is -1.41. The summed E-state index contributed by atoms with van der Waals surface area (Å²) in [5, 5.41) is 2.62. The molecule has 2 atom stereocenters. The van der Waals surface area contributed by atoms with Crippen LogP contribution in [0.5, 0.6) is 0 Å². The summed E-state index contributed by atoms with van der Waals surface area (Å²) in [5.74, 6) is -1.74. The van der Waals surface area contributed by atoms with E-state index in [0.717, 1.165) is 0 Å². The molecule has 0 aromatic carbocycles. The third-order valence-corrected chi connectivity index (χ3v) is 2.87. The summed E-state index contributed by atoms with van der Waals surface area (Å²) >= 11 is 0. The molecule has 1 aliphatic heterocycles. The van der Waals surface area contributed by atoms with Gasteiger partial charge in [0, 0.05) is 13.1 Å². The molecule has 0 aromatic rings. The molecule has 1 saturated heterocycles. The van der Waals surface area contributed by atoms with Crippen molar-refractivity contribution in [1.82, 2.24) is 10.2 Å². The molecule has 114 valence electrons. The van der Waals surface area contributed by atoms with Gasteiger partial charge in [-0.2, -0.15) is 0 Å². The Morgan fingerprint density at radius 3 is 2.75 bits per heavy atom. The monoisotopic (exact) mass is 287 g/mol. The molecule has 3 N–H and O–H groups in total. The van der Waals surface area contributed by atoms with E-state index in [2.05, 4.69) is 5.32 Å². The Kier molecular flexibility index (Phi) is 6.40. The molecule has 1 aliphatic rings. The Morgan fingerprint density at radius 1 is 1.45 bits per heavy atom. The van der Waals surface area contributed by atoms with E-state index in [0.29, 0.717) is 13.2 Å². The molecule has 8 nitrogen and oxygen atoms in total. The Bertz CT molecular complexity index is 374. The molecule has 0 aliphatic carbocycles. The van der Waals surface area contributed by atoms with Gasteiger partial charge in [0.25, 0.3) is 5.91 Å². The quantitative estimate of drug-likeness (QED) is 0.458. The van der Waals surface area contributed by atoms with Crippen LogP contribution in [-0.4, -0.2) is 67.7 Å². The van der Waals surface area contributed by atoms with E-state index in [9.17, 15) is 14.4 Å². The molecule has 2 unspecified atom stereocenters. The van der Waals surface area contributed by atoms with Crippen LogP contribution in [0.1, 0.15) is 13.8 Å². The van der Waals surface area contributed by atoms with E-state index in [1.54, 1.807) is 13.8 Å². The van der Waals surface area contributed by atoms with Crippen molar-refractivity contribution < 1.29 is 23.9 Å². The molecular weight excluding hydrogens is 266 g/mol. The van der Waals surface area contributed by atoms with Crippen LogP contribution in [-0.2, 0) is 23.9 Å². The lowest BCUT2D eigenvalue weighted by Gasteiger charge is -2.35. The molecule has 8 heteroatoms. The molecule has 20 heavy (non-hydrogen) atoms. The highest BCUT2D eigenvalue weighted by Gasteiger charge is 2.37. The van der Waals surface area contributed by atoms with Crippen molar-refractivity contribution in [2.45, 2.75) is 25.9 Å². The van der Waals surface area contributed by atoms with Crippen LogP contribution in [0.15, 0.2) is 0 Å². The normalized spacial score (nSPS) is 20.1. The topological polar surface area (TPSA) is 111 Å². The van der Waals surface area contributed by atoms with Gasteiger partial charge in [0.15, 0.2) is 6.04 Å². The zero-order valence-corrected chi connectivity index (χ0v) is 11.8. The number of nitrogens with one attached hydrogen (secondary N) is 1. The van der Waals surface area contributed by atoms with Crippen molar-refractivity contribution in [2.24, 2.45) is 5.73 Å². The summed E-state index contributed by atoms with van der Waals surface area (Å²) in [6, 6.07) is -2.18. The SMILES string of the molecule is CCNC(=O)C1COCCN1C(=O)C(N)C(=O)OCC. The molecule has 1 heterocycles. The fraction of sp³-hybridized carbons (Fsp3) is 0.750. The molecule has 1 fully saturated rings. The highest BCUT2D eigenvalue weighted by atomic mass is 16.5. The predicted molar refractivity (Wildman–Crippen MR) is 69.6 cm³/mol. The average molecular weight is 287 g/mol. The first-order valence-electron chi connectivity index (χ1n) is 6.61. The van der Waals surface area contributed by atoms with Gasteiger partial charge in [-0.05, 0) is 13.8 Å². The summed E-state index contributed by atoms with van der Waals surface area (Å²) in [4.78, 5) is 36.9. The number of carbonyl (C=O) groups excluding carboxylic acids is 3. The number of ether oxygens (including phenoxy) is 2. The number of esters is 1. The second kappa shape index (κ2) is 7.81. The number of hydrogen-bond acceptors (Lipinski definition) is 6. The number of rotatable bonds is 5. The van der Waals surface area contributed by atoms with E-state index < -0.39 is 24.0 Å². The third-order valence-electron chi connectivity index (χ3n) is 2.87. The predicted octanol–water partition coefficient (Wildman–Crippen LogP) is -1.76. The van der Waals surface area contributed by atoms with Crippen LogP contribution in [0.25, 0.3) is 0 Å². The first-order chi connectivity index (χ1) is 9.52. The first kappa shape index (κ1) is 16.4. The Balaban J connectivity index is 2.76. The zero-order valence-electron chi connectivity index (χ0n) is 11.8. The summed E-state index contributed by atoms with van der Waals surface area (Å²) in [6.07, 6.45) is 0. The van der Waals surface area contributed by atoms with Gasteiger partial charge in [0.2, 0.25) is 5.91 Å². The van der Waals surface area contributed by atoms with Crippen LogP contribution < -0.4 is 11.1 Å². The fourth-order valence-electron chi connectivity index (χ4n) is 1.89. The number of hydrogen-bond donors (Lipinski definition) is 2. The van der Waals surface area contributed by atoms with Gasteiger partial charge in [-0.1, -0.05) is 0 Å². The molecule has 0 saturated carbocycles. The third kappa shape index (κ3) is 3.91. The number of morpholine rings is 1. The van der Waals surface area contributed by atoms with Crippen molar-refractivity contribution >= 4 is 17.8 Å². The standard InChI is InChI=1S/C12H21N3O5/c1-3-14-10(16)8-7-19-6-5-15(8)11(17)9(13)12(18)20-4-2/h8-9H,3-7,13H2,1-2H3,(H,14,16). The smallest absolute Gasteiger partial charge is 0.332 e. The second-order valence-electron chi connectivity index (χ2n) is 4.25. The molecule has 0 radical (unpaired) electrons. The van der Waals surface area contributed by atoms with Gasteiger partial charge in [-0.25, -0.2) is 4.79 Å². The number of likely N-dealkylation sites (N-methyl/N-ethyl adjacent to an activating group) is 1.